The minimum atomic E-state index is -0.711. The molecule has 1 amide bonds. The van der Waals surface area contributed by atoms with Crippen molar-refractivity contribution in [3.05, 3.63) is 58.7 Å². The summed E-state index contributed by atoms with van der Waals surface area (Å²) in [4.78, 5) is 12.1. The number of hydrogen-bond acceptors (Lipinski definition) is 4. The summed E-state index contributed by atoms with van der Waals surface area (Å²) < 4.78 is 5.52. The summed E-state index contributed by atoms with van der Waals surface area (Å²) in [5.74, 6) is 2.18. The Labute approximate surface area is 148 Å². The van der Waals surface area contributed by atoms with E-state index in [0.29, 0.717) is 24.2 Å². The van der Waals surface area contributed by atoms with Crippen LogP contribution in [-0.4, -0.2) is 29.4 Å². The number of benzene rings is 1. The molecule has 2 N–H and O–H groups in total. The number of hydrogen-bond donors (Lipinski definition) is 2. The molecule has 1 atom stereocenters. The summed E-state index contributed by atoms with van der Waals surface area (Å²) in [5, 5.41) is 13.8. The largest absolute Gasteiger partial charge is 0.388 e. The molecule has 1 aliphatic rings. The van der Waals surface area contributed by atoms with Crippen LogP contribution in [0.4, 0.5) is 0 Å². The second kappa shape index (κ2) is 8.97. The molecule has 5 heteroatoms. The summed E-state index contributed by atoms with van der Waals surface area (Å²) in [6.07, 6.45) is 10.0. The van der Waals surface area contributed by atoms with Crippen LogP contribution in [0.15, 0.2) is 52.7 Å². The maximum atomic E-state index is 12.1. The number of ether oxygens (including phenoxy) is 1. The highest BCUT2D eigenvalue weighted by atomic mass is 16.5. The molecule has 0 aromatic heterocycles. The number of nitrogens with zero attached hydrogens (tertiary/aromatic N) is 1. The van der Waals surface area contributed by atoms with Gasteiger partial charge in [0, 0.05) is 23.1 Å². The predicted molar refractivity (Wildman–Crippen MR) is 97.9 cm³/mol. The first-order valence-corrected chi connectivity index (χ1v) is 8.09. The van der Waals surface area contributed by atoms with Crippen LogP contribution in [0.5, 0.6) is 0 Å². The molecule has 0 bridgehead atoms. The fraction of sp³-hybridized carbons (Fsp3) is 0.300. The van der Waals surface area contributed by atoms with E-state index in [9.17, 15) is 9.90 Å². The Morgan fingerprint density at radius 1 is 1.44 bits per heavy atom. The first-order valence-electron chi connectivity index (χ1n) is 8.09. The van der Waals surface area contributed by atoms with Crippen LogP contribution in [0.2, 0.25) is 0 Å². The highest BCUT2D eigenvalue weighted by Gasteiger charge is 2.14. The van der Waals surface area contributed by atoms with E-state index in [0.717, 1.165) is 11.1 Å². The zero-order chi connectivity index (χ0) is 18.2. The van der Waals surface area contributed by atoms with E-state index in [4.69, 9.17) is 11.2 Å². The van der Waals surface area contributed by atoms with Gasteiger partial charge in [-0.3, -0.25) is 4.79 Å². The molecule has 1 aromatic rings. The van der Waals surface area contributed by atoms with Gasteiger partial charge in [-0.25, -0.2) is 5.43 Å². The summed E-state index contributed by atoms with van der Waals surface area (Å²) in [6, 6.07) is 7.14. The predicted octanol–water partition coefficient (Wildman–Crippen LogP) is 2.58. The summed E-state index contributed by atoms with van der Waals surface area (Å²) in [7, 11) is 0. The molecule has 25 heavy (non-hydrogen) atoms. The average molecular weight is 338 g/mol. The molecular formula is C20H22N2O3. The molecule has 0 aliphatic heterocycles. The normalized spacial score (nSPS) is 17.2. The third kappa shape index (κ3) is 5.71. The third-order valence-electron chi connectivity index (χ3n) is 3.64. The molecule has 1 unspecified atom stereocenters. The molecule has 0 saturated heterocycles. The minimum Gasteiger partial charge on any atom is -0.388 e. The zero-order valence-corrected chi connectivity index (χ0v) is 14.4. The van der Waals surface area contributed by atoms with E-state index in [1.807, 2.05) is 26.0 Å². The topological polar surface area (TPSA) is 70.9 Å². The van der Waals surface area contributed by atoms with E-state index in [1.54, 1.807) is 24.3 Å². The molecule has 0 radical (unpaired) electrons. The number of allylic oxidation sites excluding steroid dienone is 2. The number of carbonyl (C=O) groups is 1. The van der Waals surface area contributed by atoms with Crippen molar-refractivity contribution in [2.45, 2.75) is 39.1 Å². The van der Waals surface area contributed by atoms with Gasteiger partial charge in [0.05, 0.1) is 25.0 Å². The van der Waals surface area contributed by atoms with Crippen molar-refractivity contribution in [3.8, 4) is 12.3 Å². The molecule has 1 aliphatic carbocycles. The molecular weight excluding hydrogens is 316 g/mol. The maximum absolute atomic E-state index is 12.1. The number of carbonyl (C=O) groups excluding carboxylic acids is 1. The lowest BCUT2D eigenvalue weighted by Crippen LogP contribution is -2.20. The number of aliphatic hydroxyl groups is 1. The van der Waals surface area contributed by atoms with Gasteiger partial charge in [0.15, 0.2) is 0 Å². The summed E-state index contributed by atoms with van der Waals surface area (Å²) in [6.45, 7) is 4.46. The average Bonchev–Trinajstić information content (AvgIpc) is 2.61. The Hall–Kier alpha value is -2.68. The Balaban J connectivity index is 1.91. The Morgan fingerprint density at radius 2 is 2.16 bits per heavy atom. The van der Waals surface area contributed by atoms with Gasteiger partial charge in [0.1, 0.15) is 0 Å². The summed E-state index contributed by atoms with van der Waals surface area (Å²) >= 11 is 0. The highest BCUT2D eigenvalue weighted by molar-refractivity contribution is 5.95. The van der Waals surface area contributed by atoms with E-state index in [1.165, 1.54) is 6.21 Å². The second-order valence-electron chi connectivity index (χ2n) is 5.98. The fourth-order valence-corrected chi connectivity index (χ4v) is 2.18. The van der Waals surface area contributed by atoms with Crippen LogP contribution in [0.1, 0.15) is 36.2 Å². The van der Waals surface area contributed by atoms with Crippen LogP contribution < -0.4 is 5.43 Å². The Morgan fingerprint density at radius 3 is 2.76 bits per heavy atom. The molecule has 0 fully saturated rings. The molecule has 0 heterocycles. The standard InChI is InChI=1S/C20H22N2O3/c1-4-15-5-10-18(19(23)11-15)12-21-22-20(24)17-8-6-16(7-9-17)13-25-14(2)3/h1,5-10,12,14,19,23H,11,13H2,2-3H3,(H,22,24)/b21-12+. The second-order valence-corrected chi connectivity index (χ2v) is 5.98. The van der Waals surface area contributed by atoms with Gasteiger partial charge < -0.3 is 9.84 Å². The number of nitrogens with one attached hydrogen (secondary N) is 1. The third-order valence-corrected chi connectivity index (χ3v) is 3.64. The van der Waals surface area contributed by atoms with Crippen LogP contribution in [0.25, 0.3) is 0 Å². The van der Waals surface area contributed by atoms with E-state index in [-0.39, 0.29) is 12.0 Å². The fourth-order valence-electron chi connectivity index (χ4n) is 2.18. The van der Waals surface area contributed by atoms with Gasteiger partial charge in [-0.2, -0.15) is 5.10 Å². The van der Waals surface area contributed by atoms with Gasteiger partial charge in [-0.05, 0) is 31.5 Å². The minimum absolute atomic E-state index is 0.160. The van der Waals surface area contributed by atoms with Gasteiger partial charge in [-0.1, -0.05) is 30.2 Å². The highest BCUT2D eigenvalue weighted by Crippen LogP contribution is 2.17. The van der Waals surface area contributed by atoms with Gasteiger partial charge >= 0.3 is 0 Å². The maximum Gasteiger partial charge on any atom is 0.271 e. The van der Waals surface area contributed by atoms with Crippen molar-refractivity contribution in [2.24, 2.45) is 5.10 Å². The Bertz CT molecular complexity index is 737. The van der Waals surface area contributed by atoms with Crippen LogP contribution >= 0.6 is 0 Å². The van der Waals surface area contributed by atoms with E-state index < -0.39 is 6.10 Å². The number of aliphatic hydroxyl groups excluding tert-OH is 1. The van der Waals surface area contributed by atoms with Gasteiger partial charge in [0.2, 0.25) is 0 Å². The molecule has 5 nitrogen and oxygen atoms in total. The first kappa shape index (κ1) is 18.7. The van der Waals surface area contributed by atoms with E-state index >= 15 is 0 Å². The van der Waals surface area contributed by atoms with Crippen molar-refractivity contribution < 1.29 is 14.6 Å². The number of amides is 1. The smallest absolute Gasteiger partial charge is 0.271 e. The monoisotopic (exact) mass is 338 g/mol. The number of rotatable bonds is 6. The Kier molecular flexibility index (Phi) is 6.70. The lowest BCUT2D eigenvalue weighted by molar-refractivity contribution is 0.0657. The van der Waals surface area contributed by atoms with Crippen molar-refractivity contribution in [1.82, 2.24) is 5.43 Å². The molecule has 1 aromatic carbocycles. The van der Waals surface area contributed by atoms with E-state index in [2.05, 4.69) is 16.4 Å². The molecule has 130 valence electrons. The van der Waals surface area contributed by atoms with Crippen molar-refractivity contribution in [2.75, 3.05) is 0 Å². The number of terminal acetylenes is 1. The van der Waals surface area contributed by atoms with Crippen LogP contribution in [0, 0.1) is 12.3 Å². The number of hydrazone groups is 1. The molecule has 2 rings (SSSR count). The molecule has 0 saturated carbocycles. The lowest BCUT2D eigenvalue weighted by Gasteiger charge is -2.14. The zero-order valence-electron chi connectivity index (χ0n) is 14.4. The van der Waals surface area contributed by atoms with Crippen molar-refractivity contribution >= 4 is 12.1 Å². The first-order chi connectivity index (χ1) is 12.0. The quantitative estimate of drug-likeness (QED) is 0.476. The summed E-state index contributed by atoms with van der Waals surface area (Å²) in [5.41, 5.74) is 5.28. The SMILES string of the molecule is C#CC1=CC=C(/C=N/NC(=O)c2ccc(COC(C)C)cc2)C(O)C1. The van der Waals surface area contributed by atoms with Crippen molar-refractivity contribution in [3.63, 3.8) is 0 Å². The van der Waals surface area contributed by atoms with Gasteiger partial charge in [-0.15, -0.1) is 6.42 Å². The lowest BCUT2D eigenvalue weighted by atomic mass is 9.97. The van der Waals surface area contributed by atoms with Gasteiger partial charge in [0.25, 0.3) is 5.91 Å². The van der Waals surface area contributed by atoms with Crippen LogP contribution in [0.3, 0.4) is 0 Å². The van der Waals surface area contributed by atoms with Crippen LogP contribution in [-0.2, 0) is 11.3 Å². The van der Waals surface area contributed by atoms with Crippen molar-refractivity contribution in [1.29, 1.82) is 0 Å². The molecule has 0 spiro atoms.